The average molecular weight is 527 g/mol. The highest BCUT2D eigenvalue weighted by molar-refractivity contribution is 8.33. The quantitative estimate of drug-likeness (QED) is 0.220. The van der Waals surface area contributed by atoms with Crippen LogP contribution in [-0.2, 0) is 0 Å². The molecule has 184 valence electrons. The Hall–Kier alpha value is -3.54. The Labute approximate surface area is 230 Å². The predicted molar refractivity (Wildman–Crippen MR) is 168 cm³/mol. The van der Waals surface area contributed by atoms with Crippen LogP contribution in [0.5, 0.6) is 0 Å². The number of para-hydroxylation sites is 4. The Kier molecular flexibility index (Phi) is 4.72. The molecular formula is C33H27BN2S2. The third kappa shape index (κ3) is 3.06. The zero-order valence-electron chi connectivity index (χ0n) is 21.7. The number of aryl methyl sites for hydroxylation is 1. The molecule has 5 aromatic carbocycles. The predicted octanol–water partition coefficient (Wildman–Crippen LogP) is 7.84. The van der Waals surface area contributed by atoms with Crippen LogP contribution in [0.3, 0.4) is 0 Å². The molecule has 5 aromatic rings. The topological polar surface area (TPSA) is 15.3 Å². The van der Waals surface area contributed by atoms with Crippen LogP contribution in [0, 0.1) is 6.92 Å². The van der Waals surface area contributed by atoms with Crippen LogP contribution in [0.25, 0.3) is 11.1 Å². The van der Waals surface area contributed by atoms with Gasteiger partial charge in [0, 0.05) is 30.8 Å². The van der Waals surface area contributed by atoms with E-state index in [4.69, 9.17) is 0 Å². The number of hydrogen-bond donors (Lipinski definition) is 1. The maximum atomic E-state index is 3.79. The van der Waals surface area contributed by atoms with Gasteiger partial charge in [-0.2, -0.15) is 10.0 Å². The van der Waals surface area contributed by atoms with Crippen LogP contribution in [-0.4, -0.2) is 19.8 Å². The number of nitrogens with one attached hydrogen (secondary N) is 1. The van der Waals surface area contributed by atoms with E-state index >= 15 is 0 Å². The Morgan fingerprint density at radius 1 is 0.737 bits per heavy atom. The SMILES string of the molecule is Cc1cc(-c2cccc3c2Nc2ccccc2S3)c2c(c1)N1c3ccccc3S(C)(C)c3cccc(c31)B2. The van der Waals surface area contributed by atoms with Crippen molar-refractivity contribution in [3.8, 4) is 11.1 Å². The third-order valence-electron chi connectivity index (χ3n) is 8.17. The van der Waals surface area contributed by atoms with E-state index in [1.54, 1.807) is 0 Å². The molecule has 0 amide bonds. The molecule has 0 aromatic heterocycles. The molecule has 3 aliphatic heterocycles. The van der Waals surface area contributed by atoms with Crippen LogP contribution in [0.15, 0.2) is 117 Å². The van der Waals surface area contributed by atoms with Crippen molar-refractivity contribution in [2.45, 2.75) is 26.5 Å². The lowest BCUT2D eigenvalue weighted by molar-refractivity contribution is 1.15. The monoisotopic (exact) mass is 526 g/mol. The first-order valence-corrected chi connectivity index (χ1v) is 16.3. The fourth-order valence-electron chi connectivity index (χ4n) is 6.43. The van der Waals surface area contributed by atoms with E-state index in [0.29, 0.717) is 0 Å². The fourth-order valence-corrected chi connectivity index (χ4v) is 9.92. The van der Waals surface area contributed by atoms with E-state index in [0.717, 1.165) is 7.28 Å². The van der Waals surface area contributed by atoms with Crippen molar-refractivity contribution in [2.75, 3.05) is 22.7 Å². The molecule has 5 heteroatoms. The second-order valence-corrected chi connectivity index (χ2v) is 15.4. The van der Waals surface area contributed by atoms with Gasteiger partial charge in [0.05, 0.1) is 22.7 Å². The van der Waals surface area contributed by atoms with Gasteiger partial charge < -0.3 is 10.2 Å². The minimum Gasteiger partial charge on any atom is -0.353 e. The zero-order chi connectivity index (χ0) is 25.6. The first-order valence-electron chi connectivity index (χ1n) is 13.1. The number of rotatable bonds is 1. The van der Waals surface area contributed by atoms with Gasteiger partial charge in [-0.3, -0.25) is 0 Å². The first kappa shape index (κ1) is 22.4. The molecule has 38 heavy (non-hydrogen) atoms. The molecule has 3 heterocycles. The Bertz CT molecular complexity index is 1810. The van der Waals surface area contributed by atoms with E-state index in [1.165, 1.54) is 75.6 Å². The van der Waals surface area contributed by atoms with Crippen molar-refractivity contribution in [1.29, 1.82) is 0 Å². The second kappa shape index (κ2) is 7.98. The number of benzene rings is 5. The van der Waals surface area contributed by atoms with E-state index in [2.05, 4.69) is 127 Å². The molecule has 1 N–H and O–H groups in total. The lowest BCUT2D eigenvalue weighted by Crippen LogP contribution is -2.43. The highest BCUT2D eigenvalue weighted by atomic mass is 32.3. The third-order valence-corrected chi connectivity index (χ3v) is 12.2. The van der Waals surface area contributed by atoms with Crippen LogP contribution in [0.1, 0.15) is 5.56 Å². The molecule has 0 fully saturated rings. The molecule has 0 spiro atoms. The molecule has 0 aliphatic carbocycles. The molecule has 0 radical (unpaired) electrons. The van der Waals surface area contributed by atoms with E-state index in [9.17, 15) is 0 Å². The van der Waals surface area contributed by atoms with E-state index in [-0.39, 0.29) is 0 Å². The maximum absolute atomic E-state index is 3.79. The standard InChI is InChI=1S/C33H27BN2S2/c1-20-18-22(21-10-8-15-28-32(21)35-24-12-4-6-14-27(24)37-28)31-26(19-20)36-25-13-5-7-16-29(25)38(2,3)30-17-9-11-23(34-31)33(30)36/h4-19,34-35H,1-3H3. The summed E-state index contributed by atoms with van der Waals surface area (Å²) in [6.07, 6.45) is 4.90. The van der Waals surface area contributed by atoms with Crippen molar-refractivity contribution in [3.63, 3.8) is 0 Å². The molecule has 3 aliphatic rings. The van der Waals surface area contributed by atoms with Gasteiger partial charge in [-0.25, -0.2) is 0 Å². The van der Waals surface area contributed by atoms with Gasteiger partial charge in [0.2, 0.25) is 0 Å². The Balaban J connectivity index is 1.38. The van der Waals surface area contributed by atoms with Crippen LogP contribution < -0.4 is 21.1 Å². The summed E-state index contributed by atoms with van der Waals surface area (Å²) in [5.74, 6) is 0. The Morgan fingerprint density at radius 3 is 2.42 bits per heavy atom. The largest absolute Gasteiger partial charge is 0.353 e. The lowest BCUT2D eigenvalue weighted by atomic mass is 9.58. The molecule has 0 atom stereocenters. The normalized spacial score (nSPS) is 16.0. The Morgan fingerprint density at radius 2 is 1.50 bits per heavy atom. The van der Waals surface area contributed by atoms with Crippen LogP contribution >= 0.6 is 21.8 Å². The molecule has 8 rings (SSSR count). The zero-order valence-corrected chi connectivity index (χ0v) is 23.3. The van der Waals surface area contributed by atoms with E-state index in [1.807, 2.05) is 11.8 Å². The van der Waals surface area contributed by atoms with Gasteiger partial charge in [-0.05, 0) is 78.5 Å². The maximum Gasteiger partial charge on any atom is 0.198 e. The lowest BCUT2D eigenvalue weighted by Gasteiger charge is -2.48. The highest BCUT2D eigenvalue weighted by Crippen LogP contribution is 2.67. The van der Waals surface area contributed by atoms with Gasteiger partial charge in [0.25, 0.3) is 0 Å². The van der Waals surface area contributed by atoms with Gasteiger partial charge >= 0.3 is 0 Å². The molecular weight excluding hydrogens is 499 g/mol. The van der Waals surface area contributed by atoms with Crippen molar-refractivity contribution >= 4 is 68.4 Å². The second-order valence-electron chi connectivity index (χ2n) is 10.8. The molecule has 0 bridgehead atoms. The average Bonchev–Trinajstić information content (AvgIpc) is 2.93. The summed E-state index contributed by atoms with van der Waals surface area (Å²) in [5.41, 5.74) is 13.2. The summed E-state index contributed by atoms with van der Waals surface area (Å²) < 4.78 is 0. The summed E-state index contributed by atoms with van der Waals surface area (Å²) >= 11 is 1.86. The van der Waals surface area contributed by atoms with Gasteiger partial charge in [0.1, 0.15) is 0 Å². The van der Waals surface area contributed by atoms with Gasteiger partial charge in [-0.15, -0.1) is 0 Å². The van der Waals surface area contributed by atoms with Crippen molar-refractivity contribution in [1.82, 2.24) is 0 Å². The highest BCUT2D eigenvalue weighted by Gasteiger charge is 2.39. The fraction of sp³-hybridized carbons (Fsp3) is 0.0909. The number of fused-ring (bicyclic) bond motifs is 6. The molecule has 0 unspecified atom stereocenters. The minimum atomic E-state index is -1.10. The summed E-state index contributed by atoms with van der Waals surface area (Å²) in [6.45, 7) is 2.24. The van der Waals surface area contributed by atoms with Gasteiger partial charge in [-0.1, -0.05) is 71.8 Å². The van der Waals surface area contributed by atoms with Gasteiger partial charge in [0.15, 0.2) is 7.28 Å². The summed E-state index contributed by atoms with van der Waals surface area (Å²) in [5, 5.41) is 3.79. The van der Waals surface area contributed by atoms with Crippen LogP contribution in [0.4, 0.5) is 28.4 Å². The number of nitrogens with zero attached hydrogens (tertiary/aromatic N) is 1. The smallest absolute Gasteiger partial charge is 0.198 e. The number of hydrogen-bond acceptors (Lipinski definition) is 3. The molecule has 0 saturated heterocycles. The van der Waals surface area contributed by atoms with Crippen LogP contribution in [0.2, 0.25) is 0 Å². The minimum absolute atomic E-state index is 0.940. The molecule has 0 saturated carbocycles. The summed E-state index contributed by atoms with van der Waals surface area (Å²) in [4.78, 5) is 8.09. The van der Waals surface area contributed by atoms with Crippen molar-refractivity contribution < 1.29 is 0 Å². The first-order chi connectivity index (χ1) is 18.5. The molecule has 2 nitrogen and oxygen atoms in total. The number of anilines is 5. The van der Waals surface area contributed by atoms with E-state index < -0.39 is 10.0 Å². The van der Waals surface area contributed by atoms with Crippen molar-refractivity contribution in [2.24, 2.45) is 0 Å². The summed E-state index contributed by atoms with van der Waals surface area (Å²) in [7, 11) is -0.163. The van der Waals surface area contributed by atoms with Crippen molar-refractivity contribution in [3.05, 3.63) is 103 Å². The summed E-state index contributed by atoms with van der Waals surface area (Å²) in [6, 6.07) is 36.2.